The summed E-state index contributed by atoms with van der Waals surface area (Å²) < 4.78 is 5.44. The molecule has 2 N–H and O–H groups in total. The van der Waals surface area contributed by atoms with Crippen molar-refractivity contribution < 1.29 is 14.3 Å². The number of carbonyl (C=O) groups excluding carboxylic acids is 1. The van der Waals surface area contributed by atoms with Gasteiger partial charge in [0.15, 0.2) is 10.9 Å². The fourth-order valence-electron chi connectivity index (χ4n) is 3.67. The third kappa shape index (κ3) is 2.30. The number of thioether (sulfide) groups is 1. The fourth-order valence-corrected chi connectivity index (χ4v) is 4.05. The van der Waals surface area contributed by atoms with Crippen molar-refractivity contribution >= 4 is 17.7 Å². The van der Waals surface area contributed by atoms with E-state index in [4.69, 9.17) is 4.42 Å². The molecule has 0 aliphatic heterocycles. The summed E-state index contributed by atoms with van der Waals surface area (Å²) in [6, 6.07) is 3.63. The Bertz CT molecular complexity index is 473. The Morgan fingerprint density at radius 2 is 2.26 bits per heavy atom. The molecule has 0 spiro atoms. The largest absolute Gasteiger partial charge is 0.445 e. The second-order valence-corrected chi connectivity index (χ2v) is 6.31. The van der Waals surface area contributed by atoms with E-state index in [0.29, 0.717) is 17.6 Å². The SMILES string of the molecule is CSc1ccc(C(=O)NC2C3CCC(C3)C2CO)o1. The second-order valence-electron chi connectivity index (χ2n) is 5.50. The second kappa shape index (κ2) is 5.21. The van der Waals surface area contributed by atoms with Crippen molar-refractivity contribution in [3.63, 3.8) is 0 Å². The van der Waals surface area contributed by atoms with Gasteiger partial charge >= 0.3 is 0 Å². The summed E-state index contributed by atoms with van der Waals surface area (Å²) in [6.07, 6.45) is 5.42. The molecular formula is C14H19NO3S. The average Bonchev–Trinajstić information content (AvgIpc) is 3.13. The van der Waals surface area contributed by atoms with Crippen LogP contribution in [0.5, 0.6) is 0 Å². The summed E-state index contributed by atoms with van der Waals surface area (Å²) in [5.74, 6) is 1.54. The van der Waals surface area contributed by atoms with Crippen LogP contribution in [-0.4, -0.2) is 29.9 Å². The zero-order chi connectivity index (χ0) is 13.4. The molecule has 1 aromatic rings. The lowest BCUT2D eigenvalue weighted by Crippen LogP contribution is -2.45. The molecule has 1 aromatic heterocycles. The zero-order valence-corrected chi connectivity index (χ0v) is 11.8. The van der Waals surface area contributed by atoms with Gasteiger partial charge in [-0.15, -0.1) is 0 Å². The Morgan fingerprint density at radius 1 is 1.47 bits per heavy atom. The lowest BCUT2D eigenvalue weighted by molar-refractivity contribution is 0.0830. The van der Waals surface area contributed by atoms with Gasteiger partial charge in [-0.1, -0.05) is 11.8 Å². The molecule has 1 amide bonds. The molecule has 2 fully saturated rings. The van der Waals surface area contributed by atoms with Crippen molar-refractivity contribution in [2.45, 2.75) is 30.4 Å². The van der Waals surface area contributed by atoms with Crippen LogP contribution < -0.4 is 5.32 Å². The van der Waals surface area contributed by atoms with Crippen molar-refractivity contribution in [1.82, 2.24) is 5.32 Å². The number of aliphatic hydroxyl groups is 1. The molecule has 0 aromatic carbocycles. The van der Waals surface area contributed by atoms with Gasteiger partial charge in [-0.05, 0) is 49.5 Å². The van der Waals surface area contributed by atoms with E-state index in [-0.39, 0.29) is 24.5 Å². The molecule has 2 saturated carbocycles. The van der Waals surface area contributed by atoms with Crippen LogP contribution in [0.4, 0.5) is 0 Å². The van der Waals surface area contributed by atoms with Gasteiger partial charge in [0.2, 0.25) is 0 Å². The number of hydrogen-bond acceptors (Lipinski definition) is 4. The Labute approximate surface area is 116 Å². The first-order chi connectivity index (χ1) is 9.22. The van der Waals surface area contributed by atoms with E-state index in [1.165, 1.54) is 24.6 Å². The molecule has 2 bridgehead atoms. The number of hydrogen-bond donors (Lipinski definition) is 2. The number of fused-ring (bicyclic) bond motifs is 2. The van der Waals surface area contributed by atoms with E-state index in [9.17, 15) is 9.90 Å². The van der Waals surface area contributed by atoms with E-state index >= 15 is 0 Å². The number of aliphatic hydroxyl groups excluding tert-OH is 1. The first-order valence-corrected chi connectivity index (χ1v) is 8.01. The summed E-state index contributed by atoms with van der Waals surface area (Å²) >= 11 is 1.48. The molecule has 2 aliphatic rings. The molecule has 19 heavy (non-hydrogen) atoms. The average molecular weight is 281 g/mol. The van der Waals surface area contributed by atoms with Gasteiger partial charge in [-0.3, -0.25) is 4.79 Å². The Kier molecular flexibility index (Phi) is 3.58. The quantitative estimate of drug-likeness (QED) is 0.830. The fraction of sp³-hybridized carbons (Fsp3) is 0.643. The number of carbonyl (C=O) groups is 1. The predicted molar refractivity (Wildman–Crippen MR) is 73.2 cm³/mol. The highest BCUT2D eigenvalue weighted by atomic mass is 32.2. The summed E-state index contributed by atoms with van der Waals surface area (Å²) in [5.41, 5.74) is 0. The Hall–Kier alpha value is -0.940. The predicted octanol–water partition coefficient (Wildman–Crippen LogP) is 2.14. The first kappa shape index (κ1) is 13.1. The van der Waals surface area contributed by atoms with Crippen molar-refractivity contribution in [1.29, 1.82) is 0 Å². The van der Waals surface area contributed by atoms with E-state index < -0.39 is 0 Å². The molecule has 2 aliphatic carbocycles. The van der Waals surface area contributed by atoms with Crippen LogP contribution in [0.1, 0.15) is 29.8 Å². The lowest BCUT2D eigenvalue weighted by Gasteiger charge is -2.30. The van der Waals surface area contributed by atoms with Crippen LogP contribution >= 0.6 is 11.8 Å². The van der Waals surface area contributed by atoms with Crippen molar-refractivity contribution in [2.75, 3.05) is 12.9 Å². The van der Waals surface area contributed by atoms with Crippen LogP contribution in [0, 0.1) is 17.8 Å². The minimum atomic E-state index is -0.156. The van der Waals surface area contributed by atoms with Crippen LogP contribution in [0.25, 0.3) is 0 Å². The van der Waals surface area contributed by atoms with Gasteiger partial charge in [0.05, 0.1) is 0 Å². The molecule has 0 radical (unpaired) electrons. The van der Waals surface area contributed by atoms with Crippen LogP contribution in [-0.2, 0) is 0 Å². The summed E-state index contributed by atoms with van der Waals surface area (Å²) in [7, 11) is 0. The molecule has 1 heterocycles. The Balaban J connectivity index is 1.69. The molecule has 3 rings (SSSR count). The maximum absolute atomic E-state index is 12.2. The van der Waals surface area contributed by atoms with Gasteiger partial charge in [0, 0.05) is 18.6 Å². The van der Waals surface area contributed by atoms with Gasteiger partial charge < -0.3 is 14.8 Å². The third-order valence-electron chi connectivity index (χ3n) is 4.60. The topological polar surface area (TPSA) is 62.5 Å². The highest BCUT2D eigenvalue weighted by molar-refractivity contribution is 7.98. The standard InChI is InChI=1S/C14H19NO3S/c1-19-12-5-4-11(18-12)14(17)15-13-9-3-2-8(6-9)10(13)7-16/h4-5,8-10,13,16H,2-3,6-7H2,1H3,(H,15,17). The maximum atomic E-state index is 12.2. The minimum absolute atomic E-state index is 0.110. The lowest BCUT2D eigenvalue weighted by atomic mass is 9.85. The number of furan rings is 1. The van der Waals surface area contributed by atoms with Crippen LogP contribution in [0.2, 0.25) is 0 Å². The molecule has 4 nitrogen and oxygen atoms in total. The monoisotopic (exact) mass is 281 g/mol. The molecule has 4 atom stereocenters. The Morgan fingerprint density at radius 3 is 2.95 bits per heavy atom. The third-order valence-corrected chi connectivity index (χ3v) is 5.23. The van der Waals surface area contributed by atoms with Crippen molar-refractivity contribution in [3.05, 3.63) is 17.9 Å². The highest BCUT2D eigenvalue weighted by Crippen LogP contribution is 2.48. The van der Waals surface area contributed by atoms with Crippen LogP contribution in [0.15, 0.2) is 21.6 Å². The smallest absolute Gasteiger partial charge is 0.287 e. The first-order valence-electron chi connectivity index (χ1n) is 6.78. The van der Waals surface area contributed by atoms with E-state index in [1.54, 1.807) is 6.07 Å². The summed E-state index contributed by atoms with van der Waals surface area (Å²) in [6.45, 7) is 0.167. The van der Waals surface area contributed by atoms with E-state index in [1.807, 2.05) is 12.3 Å². The normalized spacial score (nSPS) is 32.7. The number of rotatable bonds is 4. The highest BCUT2D eigenvalue weighted by Gasteiger charge is 2.47. The molecular weight excluding hydrogens is 262 g/mol. The van der Waals surface area contributed by atoms with E-state index in [0.717, 1.165) is 11.5 Å². The van der Waals surface area contributed by atoms with Crippen molar-refractivity contribution in [3.8, 4) is 0 Å². The van der Waals surface area contributed by atoms with E-state index in [2.05, 4.69) is 5.32 Å². The van der Waals surface area contributed by atoms with Crippen molar-refractivity contribution in [2.24, 2.45) is 17.8 Å². The summed E-state index contributed by atoms with van der Waals surface area (Å²) in [5, 5.41) is 13.3. The summed E-state index contributed by atoms with van der Waals surface area (Å²) in [4.78, 5) is 12.2. The number of nitrogens with one attached hydrogen (secondary N) is 1. The molecule has 5 heteroatoms. The van der Waals surface area contributed by atoms with Gasteiger partial charge in [-0.25, -0.2) is 0 Å². The number of amides is 1. The van der Waals surface area contributed by atoms with Crippen LogP contribution in [0.3, 0.4) is 0 Å². The maximum Gasteiger partial charge on any atom is 0.287 e. The molecule has 4 unspecified atom stereocenters. The minimum Gasteiger partial charge on any atom is -0.445 e. The van der Waals surface area contributed by atoms with Gasteiger partial charge in [-0.2, -0.15) is 0 Å². The zero-order valence-electron chi connectivity index (χ0n) is 11.0. The molecule has 104 valence electrons. The molecule has 0 saturated heterocycles. The van der Waals surface area contributed by atoms with Gasteiger partial charge in [0.25, 0.3) is 5.91 Å². The van der Waals surface area contributed by atoms with Gasteiger partial charge in [0.1, 0.15) is 0 Å².